The number of carbonyl (C=O) groups excluding carboxylic acids is 2. The highest BCUT2D eigenvalue weighted by molar-refractivity contribution is 5.93. The molecule has 2 aliphatic heterocycles. The molecule has 1 amide bonds. The van der Waals surface area contributed by atoms with E-state index < -0.39 is 17.6 Å². The fourth-order valence-corrected chi connectivity index (χ4v) is 3.56. The molecule has 2 heterocycles. The molecule has 0 bridgehead atoms. The lowest BCUT2D eigenvalue weighted by molar-refractivity contribution is -0.164. The van der Waals surface area contributed by atoms with Crippen molar-refractivity contribution in [3.8, 4) is 0 Å². The number of nitrogens with one attached hydrogen (secondary N) is 1. The maximum atomic E-state index is 13.2. The van der Waals surface area contributed by atoms with E-state index in [-0.39, 0.29) is 11.9 Å². The highest BCUT2D eigenvalue weighted by atomic mass is 16.6. The second-order valence-electron chi connectivity index (χ2n) is 8.34. The van der Waals surface area contributed by atoms with E-state index in [9.17, 15) is 9.59 Å². The molecule has 7 nitrogen and oxygen atoms in total. The Kier molecular flexibility index (Phi) is 5.91. The summed E-state index contributed by atoms with van der Waals surface area (Å²) in [5, 5.41) is 3.27. The SMILES string of the molecule is CN1CCCN=C1NC1CCN(C(C(=O)OC(C)(C)C)c2ccccc2)C1=O. The van der Waals surface area contributed by atoms with Crippen LogP contribution in [0.3, 0.4) is 0 Å². The third kappa shape index (κ3) is 4.64. The van der Waals surface area contributed by atoms with Gasteiger partial charge in [0.1, 0.15) is 11.6 Å². The molecule has 7 heteroatoms. The maximum absolute atomic E-state index is 13.2. The van der Waals surface area contributed by atoms with Crippen molar-refractivity contribution in [1.82, 2.24) is 15.1 Å². The molecule has 0 aromatic heterocycles. The molecule has 28 heavy (non-hydrogen) atoms. The number of guanidine groups is 1. The number of rotatable bonds is 4. The molecule has 1 saturated heterocycles. The van der Waals surface area contributed by atoms with Gasteiger partial charge in [0.2, 0.25) is 5.91 Å². The molecule has 1 fully saturated rings. The monoisotopic (exact) mass is 386 g/mol. The predicted octanol–water partition coefficient (Wildman–Crippen LogP) is 1.95. The first-order chi connectivity index (χ1) is 13.3. The molecule has 2 unspecified atom stereocenters. The second kappa shape index (κ2) is 8.20. The van der Waals surface area contributed by atoms with Gasteiger partial charge in [-0.1, -0.05) is 30.3 Å². The van der Waals surface area contributed by atoms with Gasteiger partial charge in [-0.05, 0) is 39.2 Å². The van der Waals surface area contributed by atoms with Gasteiger partial charge in [0, 0.05) is 26.7 Å². The van der Waals surface area contributed by atoms with Crippen molar-refractivity contribution in [2.24, 2.45) is 4.99 Å². The molecule has 2 atom stereocenters. The predicted molar refractivity (Wildman–Crippen MR) is 108 cm³/mol. The first-order valence-corrected chi connectivity index (χ1v) is 9.87. The molecule has 152 valence electrons. The van der Waals surface area contributed by atoms with E-state index in [1.807, 2.05) is 63.1 Å². The zero-order valence-corrected chi connectivity index (χ0v) is 17.1. The van der Waals surface area contributed by atoms with Gasteiger partial charge in [0.15, 0.2) is 12.0 Å². The number of hydrogen-bond donors (Lipinski definition) is 1. The van der Waals surface area contributed by atoms with Crippen LogP contribution in [0.5, 0.6) is 0 Å². The zero-order chi connectivity index (χ0) is 20.3. The Morgan fingerprint density at radius 1 is 1.25 bits per heavy atom. The first kappa shape index (κ1) is 20.2. The van der Waals surface area contributed by atoms with Crippen molar-refractivity contribution in [1.29, 1.82) is 0 Å². The smallest absolute Gasteiger partial charge is 0.334 e. The Bertz CT molecular complexity index is 742. The first-order valence-electron chi connectivity index (χ1n) is 9.87. The fraction of sp³-hybridized carbons (Fsp3) is 0.571. The van der Waals surface area contributed by atoms with Crippen LogP contribution in [0.4, 0.5) is 0 Å². The Balaban J connectivity index is 1.80. The van der Waals surface area contributed by atoms with Gasteiger partial charge in [-0.2, -0.15) is 0 Å². The Morgan fingerprint density at radius 3 is 2.61 bits per heavy atom. The van der Waals surface area contributed by atoms with E-state index in [1.165, 1.54) is 0 Å². The van der Waals surface area contributed by atoms with Crippen molar-refractivity contribution < 1.29 is 14.3 Å². The molecule has 3 rings (SSSR count). The highest BCUT2D eigenvalue weighted by Gasteiger charge is 2.42. The van der Waals surface area contributed by atoms with Crippen LogP contribution in [0, 0.1) is 0 Å². The molecular formula is C21H30N4O3. The fourth-order valence-electron chi connectivity index (χ4n) is 3.56. The molecule has 0 spiro atoms. The molecule has 1 N–H and O–H groups in total. The number of aliphatic imine (C=N–C) groups is 1. The number of nitrogens with zero attached hydrogens (tertiary/aromatic N) is 3. The summed E-state index contributed by atoms with van der Waals surface area (Å²) in [7, 11) is 1.97. The molecule has 0 radical (unpaired) electrons. The number of amides is 1. The lowest BCUT2D eigenvalue weighted by Gasteiger charge is -2.31. The number of carbonyl (C=O) groups is 2. The number of hydrogen-bond acceptors (Lipinski definition) is 6. The summed E-state index contributed by atoms with van der Waals surface area (Å²) in [6, 6.07) is 8.23. The molecule has 2 aliphatic rings. The lowest BCUT2D eigenvalue weighted by atomic mass is 10.0. The average molecular weight is 386 g/mol. The van der Waals surface area contributed by atoms with Crippen LogP contribution in [0.15, 0.2) is 35.3 Å². The lowest BCUT2D eigenvalue weighted by Crippen LogP contribution is -2.50. The minimum Gasteiger partial charge on any atom is -0.458 e. The van der Waals surface area contributed by atoms with Crippen LogP contribution in [0.2, 0.25) is 0 Å². The Labute approximate surface area is 166 Å². The van der Waals surface area contributed by atoms with Crippen LogP contribution >= 0.6 is 0 Å². The number of likely N-dealkylation sites (tertiary alicyclic amines) is 1. The van der Waals surface area contributed by atoms with Crippen molar-refractivity contribution in [2.75, 3.05) is 26.7 Å². The van der Waals surface area contributed by atoms with E-state index in [0.717, 1.165) is 31.0 Å². The van der Waals surface area contributed by atoms with Gasteiger partial charge in [0.25, 0.3) is 0 Å². The van der Waals surface area contributed by atoms with Gasteiger partial charge >= 0.3 is 5.97 Å². The Morgan fingerprint density at radius 2 is 1.96 bits per heavy atom. The average Bonchev–Trinajstić information content (AvgIpc) is 2.97. The summed E-state index contributed by atoms with van der Waals surface area (Å²) in [5.41, 5.74) is 0.141. The van der Waals surface area contributed by atoms with Crippen LogP contribution in [-0.4, -0.2) is 66.0 Å². The van der Waals surface area contributed by atoms with Gasteiger partial charge < -0.3 is 19.9 Å². The van der Waals surface area contributed by atoms with E-state index in [1.54, 1.807) is 4.90 Å². The van der Waals surface area contributed by atoms with Gasteiger partial charge in [0.05, 0.1) is 0 Å². The number of ether oxygens (including phenoxy) is 1. The third-order valence-electron chi connectivity index (χ3n) is 4.87. The van der Waals surface area contributed by atoms with Crippen LogP contribution in [-0.2, 0) is 14.3 Å². The largest absolute Gasteiger partial charge is 0.458 e. The quantitative estimate of drug-likeness (QED) is 0.801. The topological polar surface area (TPSA) is 74.2 Å². The summed E-state index contributed by atoms with van der Waals surface area (Å²) >= 11 is 0. The molecule has 1 aromatic carbocycles. The normalized spacial score (nSPS) is 21.4. The minimum absolute atomic E-state index is 0.0959. The second-order valence-corrected chi connectivity index (χ2v) is 8.34. The standard InChI is InChI=1S/C21H30N4O3/c1-21(2,3)28-19(27)17(15-9-6-5-7-10-15)25-14-11-16(18(25)26)23-20-22-12-8-13-24(20)4/h5-7,9-10,16-17H,8,11-14H2,1-4H3,(H,22,23). The Hall–Kier alpha value is -2.57. The number of esters is 1. The van der Waals surface area contributed by atoms with Crippen LogP contribution in [0.25, 0.3) is 0 Å². The summed E-state index contributed by atoms with van der Waals surface area (Å²) in [5.74, 6) is 0.251. The van der Waals surface area contributed by atoms with E-state index in [0.29, 0.717) is 13.0 Å². The highest BCUT2D eigenvalue weighted by Crippen LogP contribution is 2.29. The van der Waals surface area contributed by atoms with Crippen molar-refractivity contribution in [3.05, 3.63) is 35.9 Å². The molecule has 1 aromatic rings. The molecular weight excluding hydrogens is 356 g/mol. The summed E-state index contributed by atoms with van der Waals surface area (Å²) in [6.45, 7) is 7.68. The summed E-state index contributed by atoms with van der Waals surface area (Å²) < 4.78 is 5.63. The summed E-state index contributed by atoms with van der Waals surface area (Å²) in [4.78, 5) is 34.3. The van der Waals surface area contributed by atoms with E-state index in [4.69, 9.17) is 4.74 Å². The maximum Gasteiger partial charge on any atom is 0.334 e. The van der Waals surface area contributed by atoms with Crippen molar-refractivity contribution >= 4 is 17.8 Å². The van der Waals surface area contributed by atoms with Crippen molar-refractivity contribution in [3.63, 3.8) is 0 Å². The van der Waals surface area contributed by atoms with Gasteiger partial charge in [-0.15, -0.1) is 0 Å². The van der Waals surface area contributed by atoms with Crippen LogP contribution < -0.4 is 5.32 Å². The van der Waals surface area contributed by atoms with Crippen molar-refractivity contribution in [2.45, 2.75) is 51.3 Å². The molecule has 0 aliphatic carbocycles. The van der Waals surface area contributed by atoms with E-state index >= 15 is 0 Å². The van der Waals surface area contributed by atoms with Gasteiger partial charge in [-0.3, -0.25) is 9.79 Å². The summed E-state index contributed by atoms with van der Waals surface area (Å²) in [6.07, 6.45) is 1.64. The third-order valence-corrected chi connectivity index (χ3v) is 4.87. The van der Waals surface area contributed by atoms with Gasteiger partial charge in [-0.25, -0.2) is 4.79 Å². The zero-order valence-electron chi connectivity index (χ0n) is 17.1. The minimum atomic E-state index is -0.745. The van der Waals surface area contributed by atoms with E-state index in [2.05, 4.69) is 10.3 Å². The van der Waals surface area contributed by atoms with Crippen LogP contribution in [0.1, 0.15) is 45.2 Å². The molecule has 0 saturated carbocycles. The number of benzene rings is 1.